The van der Waals surface area contributed by atoms with E-state index in [2.05, 4.69) is 25.2 Å². The van der Waals surface area contributed by atoms with Gasteiger partial charge in [0.05, 0.1) is 6.54 Å². The molecule has 1 fully saturated rings. The fourth-order valence-corrected chi connectivity index (χ4v) is 2.80. The van der Waals surface area contributed by atoms with Gasteiger partial charge >= 0.3 is 6.18 Å². The van der Waals surface area contributed by atoms with Crippen LogP contribution in [0.3, 0.4) is 0 Å². The largest absolute Gasteiger partial charge is 0.435 e. The van der Waals surface area contributed by atoms with Gasteiger partial charge in [-0.15, -0.1) is 0 Å². The van der Waals surface area contributed by atoms with E-state index in [-0.39, 0.29) is 5.92 Å². The molecule has 0 aliphatic carbocycles. The highest BCUT2D eigenvalue weighted by atomic mass is 19.4. The van der Waals surface area contributed by atoms with E-state index >= 15 is 0 Å². The Morgan fingerprint density at radius 3 is 2.86 bits per heavy atom. The Kier molecular flexibility index (Phi) is 4.14. The second-order valence-corrected chi connectivity index (χ2v) is 5.50. The van der Waals surface area contributed by atoms with Crippen LogP contribution in [0.25, 0.3) is 0 Å². The van der Waals surface area contributed by atoms with Crippen LogP contribution in [0.5, 0.6) is 0 Å². The normalized spacial score (nSPS) is 20.4. The van der Waals surface area contributed by atoms with E-state index in [4.69, 9.17) is 0 Å². The molecule has 0 radical (unpaired) electrons. The van der Waals surface area contributed by atoms with Crippen molar-refractivity contribution in [3.05, 3.63) is 30.1 Å². The minimum Gasteiger partial charge on any atom is -0.301 e. The first-order chi connectivity index (χ1) is 10.5. The van der Waals surface area contributed by atoms with Gasteiger partial charge in [0.1, 0.15) is 12.7 Å². The molecular formula is C13H17F3N6. The van der Waals surface area contributed by atoms with E-state index in [1.165, 1.54) is 6.33 Å². The van der Waals surface area contributed by atoms with Crippen molar-refractivity contribution < 1.29 is 13.2 Å². The molecule has 22 heavy (non-hydrogen) atoms. The minimum absolute atomic E-state index is 0.0631. The number of likely N-dealkylation sites (tertiary alicyclic amines) is 1. The van der Waals surface area contributed by atoms with Crippen LogP contribution in [0.2, 0.25) is 0 Å². The molecule has 6 nitrogen and oxygen atoms in total. The maximum absolute atomic E-state index is 12.6. The molecule has 0 saturated carbocycles. The van der Waals surface area contributed by atoms with Gasteiger partial charge in [-0.05, 0) is 25.5 Å². The second kappa shape index (κ2) is 6.07. The zero-order valence-corrected chi connectivity index (χ0v) is 11.9. The molecule has 2 aromatic rings. The van der Waals surface area contributed by atoms with Gasteiger partial charge in [0.15, 0.2) is 5.69 Å². The van der Waals surface area contributed by atoms with Crippen molar-refractivity contribution in [3.63, 3.8) is 0 Å². The van der Waals surface area contributed by atoms with Crippen LogP contribution in [0.1, 0.15) is 30.1 Å². The van der Waals surface area contributed by atoms with Gasteiger partial charge in [-0.25, -0.2) is 4.98 Å². The van der Waals surface area contributed by atoms with Crippen LogP contribution in [0, 0.1) is 0 Å². The number of alkyl halides is 3. The highest BCUT2D eigenvalue weighted by Crippen LogP contribution is 2.31. The third kappa shape index (κ3) is 3.46. The summed E-state index contributed by atoms with van der Waals surface area (Å²) < 4.78 is 39.6. The average Bonchev–Trinajstić information content (AvgIpc) is 3.16. The summed E-state index contributed by atoms with van der Waals surface area (Å²) in [5.41, 5.74) is -0.278. The van der Waals surface area contributed by atoms with Crippen molar-refractivity contribution >= 4 is 0 Å². The summed E-state index contributed by atoms with van der Waals surface area (Å²) in [6.45, 7) is 3.21. The molecule has 0 spiro atoms. The summed E-state index contributed by atoms with van der Waals surface area (Å²) in [7, 11) is 0. The van der Waals surface area contributed by atoms with E-state index in [0.29, 0.717) is 5.69 Å². The quantitative estimate of drug-likeness (QED) is 0.936. The Labute approximate surface area is 125 Å². The van der Waals surface area contributed by atoms with Crippen molar-refractivity contribution in [2.24, 2.45) is 0 Å². The summed E-state index contributed by atoms with van der Waals surface area (Å²) in [4.78, 5) is 6.13. The van der Waals surface area contributed by atoms with Gasteiger partial charge in [0.25, 0.3) is 0 Å². The number of rotatable bonds is 4. The van der Waals surface area contributed by atoms with Crippen LogP contribution in [-0.2, 0) is 12.7 Å². The fraction of sp³-hybridized carbons (Fsp3) is 0.615. The first kappa shape index (κ1) is 15.0. The molecule has 0 unspecified atom stereocenters. The minimum atomic E-state index is -4.39. The summed E-state index contributed by atoms with van der Waals surface area (Å²) >= 11 is 0. The number of aromatic nitrogens is 5. The molecule has 0 amide bonds. The molecule has 3 heterocycles. The Hall–Kier alpha value is -1.90. The van der Waals surface area contributed by atoms with Crippen LogP contribution in [-0.4, -0.2) is 49.5 Å². The van der Waals surface area contributed by atoms with Crippen molar-refractivity contribution in [1.29, 1.82) is 0 Å². The smallest absolute Gasteiger partial charge is 0.301 e. The molecule has 0 aromatic carbocycles. The molecule has 120 valence electrons. The standard InChI is InChI=1S/C13H17F3N6/c14-13(15,16)12-6-11(19-20-12)10-2-1-3-21(7-10)4-5-22-9-17-8-18-22/h6,8-10H,1-5,7H2,(H,19,20)/t10-/m1/s1. The van der Waals surface area contributed by atoms with Gasteiger partial charge in [0.2, 0.25) is 0 Å². The number of nitrogens with zero attached hydrogens (tertiary/aromatic N) is 5. The zero-order valence-electron chi connectivity index (χ0n) is 11.9. The van der Waals surface area contributed by atoms with Gasteiger partial charge in [-0.3, -0.25) is 9.78 Å². The van der Waals surface area contributed by atoms with Gasteiger partial charge < -0.3 is 4.90 Å². The molecule has 3 rings (SSSR count). The lowest BCUT2D eigenvalue weighted by molar-refractivity contribution is -0.141. The predicted molar refractivity (Wildman–Crippen MR) is 72.0 cm³/mol. The molecule has 1 N–H and O–H groups in total. The number of hydrogen-bond donors (Lipinski definition) is 1. The fourth-order valence-electron chi connectivity index (χ4n) is 2.80. The molecule has 1 atom stereocenters. The van der Waals surface area contributed by atoms with Crippen molar-refractivity contribution in [1.82, 2.24) is 29.9 Å². The highest BCUT2D eigenvalue weighted by molar-refractivity contribution is 5.16. The molecule has 1 aliphatic heterocycles. The van der Waals surface area contributed by atoms with Gasteiger partial charge in [-0.1, -0.05) is 0 Å². The summed E-state index contributed by atoms with van der Waals surface area (Å²) in [6.07, 6.45) is 0.589. The maximum Gasteiger partial charge on any atom is 0.435 e. The summed E-state index contributed by atoms with van der Waals surface area (Å²) in [6, 6.07) is 1.13. The van der Waals surface area contributed by atoms with E-state index in [9.17, 15) is 13.2 Å². The lowest BCUT2D eigenvalue weighted by Gasteiger charge is -2.32. The summed E-state index contributed by atoms with van der Waals surface area (Å²) in [5.74, 6) is 0.0631. The monoisotopic (exact) mass is 314 g/mol. The third-order valence-corrected chi connectivity index (χ3v) is 3.95. The molecule has 0 bridgehead atoms. The summed E-state index contributed by atoms with van der Waals surface area (Å²) in [5, 5.41) is 9.98. The molecule has 9 heteroatoms. The van der Waals surface area contributed by atoms with Gasteiger partial charge in [0, 0.05) is 24.7 Å². The number of aromatic amines is 1. The van der Waals surface area contributed by atoms with Crippen molar-refractivity contribution in [2.45, 2.75) is 31.5 Å². The van der Waals surface area contributed by atoms with Gasteiger partial charge in [-0.2, -0.15) is 23.4 Å². The Bertz CT molecular complexity index is 591. The number of H-pyrrole nitrogens is 1. The Balaban J connectivity index is 1.59. The Morgan fingerprint density at radius 1 is 1.32 bits per heavy atom. The molecule has 1 aliphatic rings. The number of halogens is 3. The number of nitrogens with one attached hydrogen (secondary N) is 1. The molecule has 2 aromatic heterocycles. The maximum atomic E-state index is 12.6. The highest BCUT2D eigenvalue weighted by Gasteiger charge is 2.35. The zero-order chi connectivity index (χ0) is 15.6. The third-order valence-electron chi connectivity index (χ3n) is 3.95. The average molecular weight is 314 g/mol. The van der Waals surface area contributed by atoms with Crippen LogP contribution in [0.15, 0.2) is 18.7 Å². The number of hydrogen-bond acceptors (Lipinski definition) is 4. The van der Waals surface area contributed by atoms with Crippen LogP contribution >= 0.6 is 0 Å². The number of piperidine rings is 1. The lowest BCUT2D eigenvalue weighted by atomic mass is 9.94. The van der Waals surface area contributed by atoms with Crippen LogP contribution < -0.4 is 0 Å². The molecule has 1 saturated heterocycles. The molecular weight excluding hydrogens is 297 g/mol. The van der Waals surface area contributed by atoms with E-state index < -0.39 is 11.9 Å². The van der Waals surface area contributed by atoms with Crippen molar-refractivity contribution in [2.75, 3.05) is 19.6 Å². The van der Waals surface area contributed by atoms with E-state index in [1.54, 1.807) is 11.0 Å². The second-order valence-electron chi connectivity index (χ2n) is 5.50. The first-order valence-corrected chi connectivity index (χ1v) is 7.19. The predicted octanol–water partition coefficient (Wildman–Crippen LogP) is 1.90. The van der Waals surface area contributed by atoms with Crippen LogP contribution in [0.4, 0.5) is 13.2 Å². The Morgan fingerprint density at radius 2 is 2.18 bits per heavy atom. The first-order valence-electron chi connectivity index (χ1n) is 7.19. The SMILES string of the molecule is FC(F)(F)c1cc([C@@H]2CCCN(CCn3cncn3)C2)[nH]n1. The van der Waals surface area contributed by atoms with E-state index in [1.807, 2.05) is 0 Å². The lowest BCUT2D eigenvalue weighted by Crippen LogP contribution is -2.36. The van der Waals surface area contributed by atoms with E-state index in [0.717, 1.165) is 45.1 Å². The topological polar surface area (TPSA) is 62.6 Å². The van der Waals surface area contributed by atoms with Crippen molar-refractivity contribution in [3.8, 4) is 0 Å².